The minimum atomic E-state index is -4.54. The average Bonchev–Trinajstić information content (AvgIpc) is 3.17. The Morgan fingerprint density at radius 3 is 2.65 bits per heavy atom. The van der Waals surface area contributed by atoms with Crippen LogP contribution >= 0.6 is 0 Å². The predicted molar refractivity (Wildman–Crippen MR) is 66.3 cm³/mol. The van der Waals surface area contributed by atoms with Gasteiger partial charge in [-0.05, 0) is 42.5 Å². The number of halogens is 3. The van der Waals surface area contributed by atoms with E-state index in [-0.39, 0.29) is 17.9 Å². The molecule has 3 nitrogen and oxygen atoms in total. The van der Waals surface area contributed by atoms with Crippen molar-refractivity contribution < 1.29 is 27.8 Å². The van der Waals surface area contributed by atoms with Crippen molar-refractivity contribution in [2.45, 2.75) is 19.0 Å². The largest absolute Gasteiger partial charge is 0.493 e. The zero-order valence-corrected chi connectivity index (χ0v) is 10.5. The number of benzene rings is 1. The lowest BCUT2D eigenvalue weighted by Crippen LogP contribution is -2.10. The monoisotopic (exact) mass is 286 g/mol. The third-order valence-corrected chi connectivity index (χ3v) is 2.90. The standard InChI is InChI=1S/C14H13F3O3/c15-14(16,17)11-7-9(4-6-13(18)19)3-5-12(11)20-8-10-1-2-10/h3-7,10H,1-2,8H2,(H,18,19). The first kappa shape index (κ1) is 14.4. The van der Waals surface area contributed by atoms with Gasteiger partial charge < -0.3 is 9.84 Å². The number of hydrogen-bond acceptors (Lipinski definition) is 2. The lowest BCUT2D eigenvalue weighted by atomic mass is 10.1. The van der Waals surface area contributed by atoms with Crippen molar-refractivity contribution in [1.29, 1.82) is 0 Å². The maximum Gasteiger partial charge on any atom is 0.419 e. The minimum absolute atomic E-state index is 0.165. The van der Waals surface area contributed by atoms with Crippen LogP contribution < -0.4 is 4.74 Å². The van der Waals surface area contributed by atoms with Gasteiger partial charge in [0.1, 0.15) is 5.75 Å². The normalized spacial score (nSPS) is 15.6. The fraction of sp³-hybridized carbons (Fsp3) is 0.357. The highest BCUT2D eigenvalue weighted by Gasteiger charge is 2.35. The Kier molecular flexibility index (Phi) is 4.01. The van der Waals surface area contributed by atoms with Crippen molar-refractivity contribution in [2.75, 3.05) is 6.61 Å². The summed E-state index contributed by atoms with van der Waals surface area (Å²) in [5.74, 6) is -1.08. The Bertz CT molecular complexity index is 531. The van der Waals surface area contributed by atoms with Gasteiger partial charge in [0.05, 0.1) is 12.2 Å². The van der Waals surface area contributed by atoms with E-state index in [4.69, 9.17) is 9.84 Å². The Hall–Kier alpha value is -1.98. The molecule has 1 N–H and O–H groups in total. The summed E-state index contributed by atoms with van der Waals surface area (Å²) in [6.45, 7) is 0.285. The molecule has 1 aliphatic rings. The molecule has 2 rings (SSSR count). The quantitative estimate of drug-likeness (QED) is 0.841. The van der Waals surface area contributed by atoms with Crippen LogP contribution in [-0.2, 0) is 11.0 Å². The first-order valence-electron chi connectivity index (χ1n) is 6.11. The molecule has 0 saturated heterocycles. The number of carboxylic acids is 1. The number of rotatable bonds is 5. The molecule has 20 heavy (non-hydrogen) atoms. The fourth-order valence-electron chi connectivity index (χ4n) is 1.66. The van der Waals surface area contributed by atoms with E-state index in [9.17, 15) is 18.0 Å². The summed E-state index contributed by atoms with van der Waals surface area (Å²) in [6.07, 6.45) is -0.657. The summed E-state index contributed by atoms with van der Waals surface area (Å²) in [7, 11) is 0. The molecule has 0 aliphatic heterocycles. The summed E-state index contributed by atoms with van der Waals surface area (Å²) < 4.78 is 44.0. The molecule has 1 aliphatic carbocycles. The van der Waals surface area contributed by atoms with Crippen LogP contribution in [0.1, 0.15) is 24.0 Å². The first-order valence-corrected chi connectivity index (χ1v) is 6.11. The van der Waals surface area contributed by atoms with Gasteiger partial charge in [0.2, 0.25) is 0 Å². The zero-order valence-electron chi connectivity index (χ0n) is 10.5. The van der Waals surface area contributed by atoms with Crippen LogP contribution in [0.15, 0.2) is 24.3 Å². The molecule has 108 valence electrons. The zero-order chi connectivity index (χ0) is 14.8. The molecule has 0 heterocycles. The van der Waals surface area contributed by atoms with Crippen LogP contribution in [0.2, 0.25) is 0 Å². The number of carboxylic acid groups (broad SMARTS) is 1. The van der Waals surface area contributed by atoms with Crippen molar-refractivity contribution in [3.05, 3.63) is 35.4 Å². The van der Waals surface area contributed by atoms with E-state index >= 15 is 0 Å². The molecule has 0 unspecified atom stereocenters. The molecule has 0 radical (unpaired) electrons. The van der Waals surface area contributed by atoms with E-state index in [0.717, 1.165) is 31.1 Å². The number of carbonyl (C=O) groups is 1. The van der Waals surface area contributed by atoms with E-state index in [1.54, 1.807) is 0 Å². The Morgan fingerprint density at radius 2 is 2.10 bits per heavy atom. The average molecular weight is 286 g/mol. The van der Waals surface area contributed by atoms with Crippen LogP contribution in [0, 0.1) is 5.92 Å². The fourth-order valence-corrected chi connectivity index (χ4v) is 1.66. The Morgan fingerprint density at radius 1 is 1.40 bits per heavy atom. The molecule has 1 aromatic rings. The second kappa shape index (κ2) is 5.56. The summed E-state index contributed by atoms with van der Waals surface area (Å²) >= 11 is 0. The second-order valence-corrected chi connectivity index (χ2v) is 4.68. The number of alkyl halides is 3. The van der Waals surface area contributed by atoms with Gasteiger partial charge in [-0.3, -0.25) is 0 Å². The van der Waals surface area contributed by atoms with Gasteiger partial charge in [0.15, 0.2) is 0 Å². The predicted octanol–water partition coefficient (Wildman–Crippen LogP) is 3.59. The van der Waals surface area contributed by atoms with Crippen LogP contribution in [-0.4, -0.2) is 17.7 Å². The summed E-state index contributed by atoms with van der Waals surface area (Å²) in [5, 5.41) is 8.48. The van der Waals surface area contributed by atoms with Gasteiger partial charge in [-0.1, -0.05) is 6.07 Å². The second-order valence-electron chi connectivity index (χ2n) is 4.68. The van der Waals surface area contributed by atoms with Gasteiger partial charge in [0, 0.05) is 6.08 Å². The lowest BCUT2D eigenvalue weighted by Gasteiger charge is -2.14. The van der Waals surface area contributed by atoms with Crippen molar-refractivity contribution >= 4 is 12.0 Å². The minimum Gasteiger partial charge on any atom is -0.493 e. The van der Waals surface area contributed by atoms with Gasteiger partial charge in [0.25, 0.3) is 0 Å². The van der Waals surface area contributed by atoms with E-state index in [1.807, 2.05) is 0 Å². The highest BCUT2D eigenvalue weighted by Crippen LogP contribution is 2.38. The van der Waals surface area contributed by atoms with Crippen molar-refractivity contribution in [3.8, 4) is 5.75 Å². The molecular weight excluding hydrogens is 273 g/mol. The molecule has 1 fully saturated rings. The van der Waals surface area contributed by atoms with Gasteiger partial charge >= 0.3 is 12.1 Å². The lowest BCUT2D eigenvalue weighted by molar-refractivity contribution is -0.139. The molecular formula is C14H13F3O3. The molecule has 6 heteroatoms. The smallest absolute Gasteiger partial charge is 0.419 e. The highest BCUT2D eigenvalue weighted by atomic mass is 19.4. The molecule has 0 bridgehead atoms. The third kappa shape index (κ3) is 4.01. The summed E-state index contributed by atoms with van der Waals surface area (Å²) in [5.41, 5.74) is -0.718. The molecule has 1 aromatic carbocycles. The van der Waals surface area contributed by atoms with Gasteiger partial charge in [-0.15, -0.1) is 0 Å². The molecule has 0 atom stereocenters. The van der Waals surface area contributed by atoms with Crippen LogP contribution in [0.25, 0.3) is 6.08 Å². The maximum atomic E-state index is 12.9. The number of aliphatic carboxylic acids is 1. The van der Waals surface area contributed by atoms with E-state index in [2.05, 4.69) is 0 Å². The topological polar surface area (TPSA) is 46.5 Å². The van der Waals surface area contributed by atoms with Crippen molar-refractivity contribution in [2.24, 2.45) is 5.92 Å². The Labute approximate surface area is 113 Å². The maximum absolute atomic E-state index is 12.9. The van der Waals surface area contributed by atoms with Crippen LogP contribution in [0.3, 0.4) is 0 Å². The van der Waals surface area contributed by atoms with E-state index in [0.29, 0.717) is 5.92 Å². The summed E-state index contributed by atoms with van der Waals surface area (Å²) in [6, 6.07) is 3.52. The molecule has 0 amide bonds. The van der Waals surface area contributed by atoms with E-state index in [1.165, 1.54) is 12.1 Å². The highest BCUT2D eigenvalue weighted by molar-refractivity contribution is 5.85. The molecule has 0 aromatic heterocycles. The first-order chi connectivity index (χ1) is 9.36. The number of ether oxygens (including phenoxy) is 1. The number of hydrogen-bond donors (Lipinski definition) is 1. The van der Waals surface area contributed by atoms with Gasteiger partial charge in [-0.25, -0.2) is 4.79 Å². The SMILES string of the molecule is O=C(O)C=Cc1ccc(OCC2CC2)c(C(F)(F)F)c1. The summed E-state index contributed by atoms with van der Waals surface area (Å²) in [4.78, 5) is 10.4. The Balaban J connectivity index is 2.24. The van der Waals surface area contributed by atoms with Crippen molar-refractivity contribution in [3.63, 3.8) is 0 Å². The van der Waals surface area contributed by atoms with Crippen LogP contribution in [0.4, 0.5) is 13.2 Å². The molecule has 0 spiro atoms. The molecule has 1 saturated carbocycles. The third-order valence-electron chi connectivity index (χ3n) is 2.90. The van der Waals surface area contributed by atoms with Crippen molar-refractivity contribution in [1.82, 2.24) is 0 Å². The van der Waals surface area contributed by atoms with E-state index < -0.39 is 17.7 Å². The van der Waals surface area contributed by atoms with Gasteiger partial charge in [-0.2, -0.15) is 13.2 Å². The van der Waals surface area contributed by atoms with Crippen LogP contribution in [0.5, 0.6) is 5.75 Å².